The predicted octanol–water partition coefficient (Wildman–Crippen LogP) is 4.48. The number of allylic oxidation sites excluding steroid dienone is 1. The van der Waals surface area contributed by atoms with Crippen LogP contribution in [0.25, 0.3) is 22.8 Å². The molecule has 7 nitrogen and oxygen atoms in total. The molecule has 0 saturated heterocycles. The third kappa shape index (κ3) is 4.07. The van der Waals surface area contributed by atoms with E-state index in [4.69, 9.17) is 9.26 Å². The molecule has 2 heterocycles. The summed E-state index contributed by atoms with van der Waals surface area (Å²) in [7, 11) is 1.64. The number of hydrogen-bond acceptors (Lipinski definition) is 7. The molecule has 0 unspecified atom stereocenters. The Morgan fingerprint density at radius 3 is 2.69 bits per heavy atom. The van der Waals surface area contributed by atoms with Gasteiger partial charge in [-0.05, 0) is 12.1 Å². The monoisotopic (exact) mass is 405 g/mol. The molecule has 4 rings (SSSR count). The second-order valence-corrected chi connectivity index (χ2v) is 7.01. The van der Waals surface area contributed by atoms with Gasteiger partial charge in [-0.1, -0.05) is 65.5 Å². The van der Waals surface area contributed by atoms with E-state index >= 15 is 0 Å². The van der Waals surface area contributed by atoms with Crippen molar-refractivity contribution in [2.24, 2.45) is 0 Å². The van der Waals surface area contributed by atoms with Crippen LogP contribution in [-0.4, -0.2) is 32.0 Å². The molecular formula is C21H19N5O2S. The van der Waals surface area contributed by atoms with E-state index in [9.17, 15) is 0 Å². The smallest absolute Gasteiger partial charge is 0.237 e. The van der Waals surface area contributed by atoms with Crippen molar-refractivity contribution in [3.8, 4) is 28.5 Å². The molecule has 2 aromatic heterocycles. The molecule has 0 spiro atoms. The summed E-state index contributed by atoms with van der Waals surface area (Å²) in [5.74, 6) is 3.05. The number of benzene rings is 2. The van der Waals surface area contributed by atoms with E-state index in [1.807, 2.05) is 65.2 Å². The molecule has 0 amide bonds. The van der Waals surface area contributed by atoms with Crippen LogP contribution in [0.5, 0.6) is 5.75 Å². The Morgan fingerprint density at radius 1 is 1.10 bits per heavy atom. The standard InChI is InChI=1S/C21H19N5O2S/c1-3-13-26-20(16-11-7-8-12-17(16)27-2)23-24-21(26)29-14-18-22-19(25-28-18)15-9-5-4-6-10-15/h3-12H,1,13-14H2,2H3. The van der Waals surface area contributed by atoms with Crippen LogP contribution in [0.4, 0.5) is 0 Å². The van der Waals surface area contributed by atoms with Gasteiger partial charge in [0.2, 0.25) is 11.7 Å². The highest BCUT2D eigenvalue weighted by molar-refractivity contribution is 7.98. The SMILES string of the molecule is C=CCn1c(SCc2nc(-c3ccccc3)no2)nnc1-c1ccccc1OC. The molecule has 0 N–H and O–H groups in total. The summed E-state index contributed by atoms with van der Waals surface area (Å²) in [5, 5.41) is 13.5. The lowest BCUT2D eigenvalue weighted by Gasteiger charge is -2.10. The summed E-state index contributed by atoms with van der Waals surface area (Å²) in [5.41, 5.74) is 1.79. The van der Waals surface area contributed by atoms with Crippen LogP contribution >= 0.6 is 11.8 Å². The van der Waals surface area contributed by atoms with Gasteiger partial charge >= 0.3 is 0 Å². The summed E-state index contributed by atoms with van der Waals surface area (Å²) >= 11 is 1.48. The zero-order valence-corrected chi connectivity index (χ0v) is 16.7. The van der Waals surface area contributed by atoms with Crippen molar-refractivity contribution >= 4 is 11.8 Å². The highest BCUT2D eigenvalue weighted by Gasteiger charge is 2.18. The average Bonchev–Trinajstić information content (AvgIpc) is 3.40. The first-order chi connectivity index (χ1) is 14.3. The maximum atomic E-state index is 5.47. The molecule has 4 aromatic rings. The number of thioether (sulfide) groups is 1. The van der Waals surface area contributed by atoms with E-state index in [-0.39, 0.29) is 0 Å². The lowest BCUT2D eigenvalue weighted by molar-refractivity contribution is 0.391. The first-order valence-corrected chi connectivity index (χ1v) is 9.97. The molecule has 8 heteroatoms. The Morgan fingerprint density at radius 2 is 1.90 bits per heavy atom. The molecule has 0 fully saturated rings. The van der Waals surface area contributed by atoms with Gasteiger partial charge in [0.15, 0.2) is 11.0 Å². The minimum Gasteiger partial charge on any atom is -0.496 e. The summed E-state index contributed by atoms with van der Waals surface area (Å²) in [4.78, 5) is 4.47. The van der Waals surface area contributed by atoms with Gasteiger partial charge in [-0.15, -0.1) is 16.8 Å². The first-order valence-electron chi connectivity index (χ1n) is 8.98. The highest BCUT2D eigenvalue weighted by Crippen LogP contribution is 2.31. The summed E-state index contributed by atoms with van der Waals surface area (Å²) in [6.45, 7) is 4.42. The van der Waals surface area contributed by atoms with Gasteiger partial charge in [-0.2, -0.15) is 4.98 Å². The van der Waals surface area contributed by atoms with E-state index < -0.39 is 0 Å². The normalized spacial score (nSPS) is 10.8. The maximum Gasteiger partial charge on any atom is 0.237 e. The Labute approximate surface area is 172 Å². The molecule has 0 atom stereocenters. The van der Waals surface area contributed by atoms with E-state index in [2.05, 4.69) is 26.9 Å². The molecule has 0 aliphatic rings. The average molecular weight is 405 g/mol. The Balaban J connectivity index is 1.56. The van der Waals surface area contributed by atoms with Crippen molar-refractivity contribution in [2.75, 3.05) is 7.11 Å². The van der Waals surface area contributed by atoms with Gasteiger partial charge in [0.05, 0.1) is 18.4 Å². The van der Waals surface area contributed by atoms with Gasteiger partial charge in [0.25, 0.3) is 0 Å². The fourth-order valence-electron chi connectivity index (χ4n) is 2.86. The fourth-order valence-corrected chi connectivity index (χ4v) is 3.65. The van der Waals surface area contributed by atoms with E-state index in [0.29, 0.717) is 24.0 Å². The maximum absolute atomic E-state index is 5.47. The second kappa shape index (κ2) is 8.74. The Hall–Kier alpha value is -3.39. The number of para-hydroxylation sites is 1. The van der Waals surface area contributed by atoms with Crippen LogP contribution < -0.4 is 4.74 Å². The van der Waals surface area contributed by atoms with Crippen LogP contribution in [-0.2, 0) is 12.3 Å². The molecular weight excluding hydrogens is 386 g/mol. The van der Waals surface area contributed by atoms with Crippen molar-refractivity contribution in [1.82, 2.24) is 24.9 Å². The molecule has 29 heavy (non-hydrogen) atoms. The second-order valence-electron chi connectivity index (χ2n) is 6.07. The van der Waals surface area contributed by atoms with Gasteiger partial charge in [-0.3, -0.25) is 4.57 Å². The molecule has 0 saturated carbocycles. The molecule has 0 aliphatic carbocycles. The Bertz CT molecular complexity index is 1110. The fraction of sp³-hybridized carbons (Fsp3) is 0.143. The summed E-state index contributed by atoms with van der Waals surface area (Å²) < 4.78 is 12.8. The number of nitrogens with zero attached hydrogens (tertiary/aromatic N) is 5. The molecule has 2 aromatic carbocycles. The van der Waals surface area contributed by atoms with Crippen molar-refractivity contribution < 1.29 is 9.26 Å². The van der Waals surface area contributed by atoms with Crippen LogP contribution in [0.1, 0.15) is 5.89 Å². The minimum atomic E-state index is 0.487. The van der Waals surface area contributed by atoms with E-state index in [1.165, 1.54) is 11.8 Å². The number of rotatable bonds is 8. The topological polar surface area (TPSA) is 78.9 Å². The quantitative estimate of drug-likeness (QED) is 0.316. The lowest BCUT2D eigenvalue weighted by atomic mass is 10.2. The predicted molar refractivity (Wildman–Crippen MR) is 112 cm³/mol. The zero-order chi connectivity index (χ0) is 20.1. The minimum absolute atomic E-state index is 0.487. The van der Waals surface area contributed by atoms with Crippen LogP contribution in [0.3, 0.4) is 0 Å². The summed E-state index contributed by atoms with van der Waals surface area (Å²) in [6, 6.07) is 17.5. The molecule has 146 valence electrons. The number of methoxy groups -OCH3 is 1. The van der Waals surface area contributed by atoms with Crippen LogP contribution in [0, 0.1) is 0 Å². The van der Waals surface area contributed by atoms with E-state index in [1.54, 1.807) is 7.11 Å². The van der Waals surface area contributed by atoms with Crippen LogP contribution in [0.15, 0.2) is 76.9 Å². The van der Waals surface area contributed by atoms with Gasteiger partial charge < -0.3 is 9.26 Å². The van der Waals surface area contributed by atoms with Crippen molar-refractivity contribution in [3.63, 3.8) is 0 Å². The summed E-state index contributed by atoms with van der Waals surface area (Å²) in [6.07, 6.45) is 1.81. The third-order valence-corrected chi connectivity index (χ3v) is 5.15. The number of hydrogen-bond donors (Lipinski definition) is 0. The van der Waals surface area contributed by atoms with Crippen molar-refractivity contribution in [1.29, 1.82) is 0 Å². The number of aromatic nitrogens is 5. The largest absolute Gasteiger partial charge is 0.496 e. The van der Waals surface area contributed by atoms with Gasteiger partial charge in [0, 0.05) is 12.1 Å². The molecule has 0 bridgehead atoms. The van der Waals surface area contributed by atoms with Gasteiger partial charge in [-0.25, -0.2) is 0 Å². The molecule has 0 radical (unpaired) electrons. The molecule has 0 aliphatic heterocycles. The van der Waals surface area contributed by atoms with Gasteiger partial charge in [0.1, 0.15) is 5.75 Å². The highest BCUT2D eigenvalue weighted by atomic mass is 32.2. The first kappa shape index (κ1) is 18.9. The zero-order valence-electron chi connectivity index (χ0n) is 15.9. The van der Waals surface area contributed by atoms with Crippen LogP contribution in [0.2, 0.25) is 0 Å². The Kier molecular flexibility index (Phi) is 5.71. The lowest BCUT2D eigenvalue weighted by Crippen LogP contribution is -2.01. The third-order valence-electron chi connectivity index (χ3n) is 4.20. The van der Waals surface area contributed by atoms with Crippen molar-refractivity contribution in [2.45, 2.75) is 17.5 Å². The van der Waals surface area contributed by atoms with E-state index in [0.717, 1.165) is 27.9 Å². The number of ether oxygens (including phenoxy) is 1. The van der Waals surface area contributed by atoms with Crippen molar-refractivity contribution in [3.05, 3.63) is 73.1 Å².